The second kappa shape index (κ2) is 9.33. The zero-order chi connectivity index (χ0) is 23.4. The van der Waals surface area contributed by atoms with Gasteiger partial charge in [-0.2, -0.15) is 25.9 Å². The van der Waals surface area contributed by atoms with Gasteiger partial charge in [0.05, 0.1) is 18.0 Å². The first kappa shape index (κ1) is 24.1. The number of carbonyl (C=O) groups excluding carboxylic acids is 1. The minimum absolute atomic E-state index is 0.0466. The highest BCUT2D eigenvalue weighted by Crippen LogP contribution is 2.34. The first-order valence-corrected chi connectivity index (χ1v) is 10.2. The van der Waals surface area contributed by atoms with E-state index in [0.29, 0.717) is 5.56 Å². The maximum atomic E-state index is 13.3. The smallest absolute Gasteiger partial charge is 0.449 e. The van der Waals surface area contributed by atoms with Gasteiger partial charge in [-0.1, -0.05) is 16.8 Å². The van der Waals surface area contributed by atoms with Crippen LogP contribution in [0, 0.1) is 12.7 Å². The van der Waals surface area contributed by atoms with E-state index in [0.717, 1.165) is 18.2 Å². The summed E-state index contributed by atoms with van der Waals surface area (Å²) < 4.78 is 81.1. The molecule has 0 aromatic heterocycles. The fourth-order valence-corrected chi connectivity index (χ4v) is 3.27. The summed E-state index contributed by atoms with van der Waals surface area (Å²) in [6.07, 6.45) is -1.72. The van der Waals surface area contributed by atoms with Crippen molar-refractivity contribution in [3.63, 3.8) is 0 Å². The van der Waals surface area contributed by atoms with E-state index in [4.69, 9.17) is 4.84 Å². The van der Waals surface area contributed by atoms with Gasteiger partial charge in [-0.15, -0.1) is 0 Å². The Morgan fingerprint density at radius 2 is 1.74 bits per heavy atom. The Kier molecular flexibility index (Phi) is 7.26. The molecule has 31 heavy (non-hydrogen) atoms. The van der Waals surface area contributed by atoms with Crippen LogP contribution in [-0.4, -0.2) is 32.3 Å². The molecule has 2 rings (SSSR count). The summed E-state index contributed by atoms with van der Waals surface area (Å²) in [6, 6.07) is 8.44. The highest BCUT2D eigenvalue weighted by Gasteiger charge is 2.53. The molecule has 0 atom stereocenters. The van der Waals surface area contributed by atoms with Crippen LogP contribution < -0.4 is 9.14 Å². The van der Waals surface area contributed by atoms with Gasteiger partial charge in [-0.25, -0.2) is 9.18 Å². The molecule has 0 aliphatic carbocycles. The molecule has 2 aromatic rings. The minimum atomic E-state index is -6.13. The number of hydrogen-bond acceptors (Lipinski definition) is 6. The van der Waals surface area contributed by atoms with Crippen LogP contribution in [0.4, 0.5) is 28.0 Å². The topological polar surface area (TPSA) is 85.3 Å². The maximum absolute atomic E-state index is 13.3. The number of nitrogens with zero attached hydrogens (tertiary/aromatic N) is 2. The lowest BCUT2D eigenvalue weighted by atomic mass is 10.1. The van der Waals surface area contributed by atoms with Gasteiger partial charge >= 0.3 is 21.6 Å². The van der Waals surface area contributed by atoms with Crippen LogP contribution in [0.5, 0.6) is 5.75 Å². The second-order valence-corrected chi connectivity index (χ2v) is 7.93. The summed E-state index contributed by atoms with van der Waals surface area (Å²) in [5.41, 5.74) is -6.01. The number of anilines is 1. The lowest BCUT2D eigenvalue weighted by molar-refractivity contribution is -0.0438. The van der Waals surface area contributed by atoms with Crippen molar-refractivity contribution in [3.05, 3.63) is 59.4 Å². The molecule has 0 saturated heterocycles. The van der Waals surface area contributed by atoms with E-state index in [1.807, 2.05) is 0 Å². The molecule has 7 nitrogen and oxygen atoms in total. The zero-order valence-electron chi connectivity index (χ0n) is 16.6. The Bertz CT molecular complexity index is 1080. The van der Waals surface area contributed by atoms with Gasteiger partial charge in [-0.3, -0.25) is 0 Å². The molecule has 0 unspecified atom stereocenters. The zero-order valence-corrected chi connectivity index (χ0v) is 17.4. The number of hydrogen-bond donors (Lipinski definition) is 0. The van der Waals surface area contributed by atoms with Crippen molar-refractivity contribution in [1.82, 2.24) is 0 Å². The van der Waals surface area contributed by atoms with Gasteiger partial charge in [0.2, 0.25) is 0 Å². The van der Waals surface area contributed by atoms with Gasteiger partial charge in [0.1, 0.15) is 5.82 Å². The average Bonchev–Trinajstić information content (AvgIpc) is 2.67. The van der Waals surface area contributed by atoms with Crippen LogP contribution >= 0.6 is 0 Å². The number of ether oxygens (including phenoxy) is 1. The Labute approximate surface area is 175 Å². The van der Waals surface area contributed by atoms with Gasteiger partial charge in [0, 0.05) is 5.56 Å². The molecule has 2 aromatic carbocycles. The molecule has 0 N–H and O–H groups in total. The molecule has 168 valence electrons. The molecular weight excluding hydrogens is 444 g/mol. The number of rotatable bonds is 6. The Morgan fingerprint density at radius 3 is 2.29 bits per heavy atom. The van der Waals surface area contributed by atoms with Crippen molar-refractivity contribution >= 4 is 27.5 Å². The molecule has 0 saturated carbocycles. The van der Waals surface area contributed by atoms with E-state index >= 15 is 0 Å². The molecule has 0 spiro atoms. The molecule has 0 aliphatic rings. The van der Waals surface area contributed by atoms with Crippen molar-refractivity contribution in [2.24, 2.45) is 5.16 Å². The molecule has 0 aliphatic heterocycles. The van der Waals surface area contributed by atoms with Crippen molar-refractivity contribution in [2.45, 2.75) is 26.3 Å². The number of alkyl halides is 3. The van der Waals surface area contributed by atoms with E-state index < -0.39 is 37.4 Å². The maximum Gasteiger partial charge on any atom is 0.517 e. The first-order valence-electron chi connectivity index (χ1n) is 8.75. The van der Waals surface area contributed by atoms with Crippen LogP contribution in [0.2, 0.25) is 0 Å². The number of sulfonamides is 1. The predicted octanol–water partition coefficient (Wildman–Crippen LogP) is 4.75. The Morgan fingerprint density at radius 1 is 1.13 bits per heavy atom. The monoisotopic (exact) mass is 462 g/mol. The third-order valence-corrected chi connectivity index (χ3v) is 5.24. The number of oxime groups is 1. The molecule has 0 fully saturated rings. The standard InChI is InChI=1S/C19H18F4N2O5S/c1-4-29-18(26)25(31(27,28)19(21,22)23)17-10-5-12(2)11-16(17)13(3)24-30-15-8-6-14(20)7-9-15/h5-11H,4H2,1-3H3/b24-13+. The first-order chi connectivity index (χ1) is 14.4. The van der Waals surface area contributed by atoms with E-state index in [1.54, 1.807) is 6.92 Å². The predicted molar refractivity (Wildman–Crippen MR) is 105 cm³/mol. The number of amides is 1. The lowest BCUT2D eigenvalue weighted by Gasteiger charge is -2.25. The number of halogens is 4. The summed E-state index contributed by atoms with van der Waals surface area (Å²) in [7, 11) is -6.13. The van der Waals surface area contributed by atoms with Gasteiger partial charge in [0.25, 0.3) is 0 Å². The fraction of sp³-hybridized carbons (Fsp3) is 0.263. The van der Waals surface area contributed by atoms with Crippen molar-refractivity contribution in [2.75, 3.05) is 10.9 Å². The quantitative estimate of drug-likeness (QED) is 0.351. The SMILES string of the molecule is CCOC(=O)N(c1ccc(C)cc1/C(C)=N/Oc1ccc(F)cc1)S(=O)(=O)C(F)(F)F. The van der Waals surface area contributed by atoms with E-state index in [9.17, 15) is 30.8 Å². The molecule has 0 heterocycles. The molecule has 12 heteroatoms. The van der Waals surface area contributed by atoms with Gasteiger partial charge in [-0.05, 0) is 57.2 Å². The van der Waals surface area contributed by atoms with Crippen molar-refractivity contribution in [1.29, 1.82) is 0 Å². The van der Waals surface area contributed by atoms with Crippen molar-refractivity contribution in [3.8, 4) is 5.75 Å². The van der Waals surface area contributed by atoms with Crippen LogP contribution in [-0.2, 0) is 14.8 Å². The van der Waals surface area contributed by atoms with Crippen LogP contribution in [0.3, 0.4) is 0 Å². The summed E-state index contributed by atoms with van der Waals surface area (Å²) in [6.45, 7) is 3.90. The summed E-state index contributed by atoms with van der Waals surface area (Å²) in [5.74, 6) is -0.392. The van der Waals surface area contributed by atoms with Crippen molar-refractivity contribution < 1.29 is 40.3 Å². The lowest BCUT2D eigenvalue weighted by Crippen LogP contribution is -2.45. The van der Waals surface area contributed by atoms with Gasteiger partial charge in [0.15, 0.2) is 5.75 Å². The van der Waals surface area contributed by atoms with Crippen LogP contribution in [0.15, 0.2) is 47.6 Å². The number of benzene rings is 2. The largest absolute Gasteiger partial charge is 0.517 e. The fourth-order valence-electron chi connectivity index (χ4n) is 2.39. The summed E-state index contributed by atoms with van der Waals surface area (Å²) >= 11 is 0. The highest BCUT2D eigenvalue weighted by atomic mass is 32.2. The second-order valence-electron chi connectivity index (χ2n) is 6.16. The third-order valence-electron chi connectivity index (χ3n) is 3.83. The third kappa shape index (κ3) is 5.51. The van der Waals surface area contributed by atoms with Crippen LogP contribution in [0.1, 0.15) is 25.0 Å². The average molecular weight is 462 g/mol. The normalized spacial score (nSPS) is 12.4. The van der Waals surface area contributed by atoms with E-state index in [2.05, 4.69) is 9.89 Å². The van der Waals surface area contributed by atoms with E-state index in [1.165, 1.54) is 38.1 Å². The van der Waals surface area contributed by atoms with Gasteiger partial charge < -0.3 is 9.57 Å². The Balaban J connectivity index is 2.59. The number of aryl methyl sites for hydroxylation is 1. The molecule has 0 radical (unpaired) electrons. The summed E-state index contributed by atoms with van der Waals surface area (Å²) in [5, 5.41) is 3.77. The van der Waals surface area contributed by atoms with Crippen LogP contribution in [0.25, 0.3) is 0 Å². The Hall–Kier alpha value is -3.15. The molecule has 0 bridgehead atoms. The highest BCUT2D eigenvalue weighted by molar-refractivity contribution is 7.94. The minimum Gasteiger partial charge on any atom is -0.449 e. The summed E-state index contributed by atoms with van der Waals surface area (Å²) in [4.78, 5) is 17.4. The molecular formula is C19H18F4N2O5S. The molecule has 1 amide bonds. The number of carbonyl (C=O) groups is 1. The van der Waals surface area contributed by atoms with E-state index in [-0.39, 0.29) is 23.6 Å².